The maximum atomic E-state index is 13.8. The van der Waals surface area contributed by atoms with Crippen molar-refractivity contribution in [3.8, 4) is 5.75 Å². The molecule has 0 spiro atoms. The van der Waals surface area contributed by atoms with E-state index < -0.39 is 6.04 Å². The zero-order chi connectivity index (χ0) is 22.5. The summed E-state index contributed by atoms with van der Waals surface area (Å²) in [6.45, 7) is 3.26. The molecule has 2 aliphatic rings. The Balaban J connectivity index is 1.64. The van der Waals surface area contributed by atoms with Gasteiger partial charge < -0.3 is 19.7 Å². The van der Waals surface area contributed by atoms with Crippen LogP contribution in [-0.2, 0) is 20.7 Å². The number of benzene rings is 2. The summed E-state index contributed by atoms with van der Waals surface area (Å²) in [5.41, 5.74) is 3.94. The number of anilines is 1. The van der Waals surface area contributed by atoms with Crippen molar-refractivity contribution in [2.75, 3.05) is 31.7 Å². The first-order chi connectivity index (χ1) is 15.6. The second kappa shape index (κ2) is 10.0. The van der Waals surface area contributed by atoms with Gasteiger partial charge in [0.2, 0.25) is 0 Å². The van der Waals surface area contributed by atoms with Crippen LogP contribution in [0.25, 0.3) is 0 Å². The first kappa shape index (κ1) is 22.1. The molecule has 168 valence electrons. The van der Waals surface area contributed by atoms with E-state index in [1.54, 1.807) is 14.0 Å². The molecule has 2 aromatic carbocycles. The van der Waals surface area contributed by atoms with Gasteiger partial charge in [-0.15, -0.1) is 0 Å². The van der Waals surface area contributed by atoms with Gasteiger partial charge in [-0.3, -0.25) is 9.59 Å². The highest BCUT2D eigenvalue weighted by molar-refractivity contribution is 6.04. The molecule has 6 heteroatoms. The molecular formula is C26H30N2O4. The first-order valence-electron chi connectivity index (χ1n) is 11.2. The zero-order valence-corrected chi connectivity index (χ0v) is 18.7. The van der Waals surface area contributed by atoms with Crippen LogP contribution in [0.4, 0.5) is 5.69 Å². The molecule has 32 heavy (non-hydrogen) atoms. The summed E-state index contributed by atoms with van der Waals surface area (Å²) < 4.78 is 10.8. The highest BCUT2D eigenvalue weighted by atomic mass is 16.5. The molecule has 0 bridgehead atoms. The van der Waals surface area contributed by atoms with Crippen LogP contribution >= 0.6 is 0 Å². The lowest BCUT2D eigenvalue weighted by Crippen LogP contribution is -2.53. The van der Waals surface area contributed by atoms with Crippen molar-refractivity contribution in [1.29, 1.82) is 0 Å². The van der Waals surface area contributed by atoms with Gasteiger partial charge in [0.15, 0.2) is 5.78 Å². The van der Waals surface area contributed by atoms with Gasteiger partial charge in [-0.1, -0.05) is 42.5 Å². The maximum Gasteiger partial charge on any atom is 0.323 e. The fourth-order valence-electron chi connectivity index (χ4n) is 4.62. The lowest BCUT2D eigenvalue weighted by atomic mass is 9.83. The molecule has 2 aromatic rings. The van der Waals surface area contributed by atoms with E-state index in [1.165, 1.54) is 5.56 Å². The molecule has 2 atom stereocenters. The third kappa shape index (κ3) is 4.55. The lowest BCUT2D eigenvalue weighted by Gasteiger charge is -2.41. The Hall–Kier alpha value is -3.12. The predicted molar refractivity (Wildman–Crippen MR) is 124 cm³/mol. The van der Waals surface area contributed by atoms with Gasteiger partial charge in [0, 0.05) is 25.1 Å². The second-order valence-corrected chi connectivity index (χ2v) is 8.18. The van der Waals surface area contributed by atoms with E-state index in [0.29, 0.717) is 32.5 Å². The number of ketones is 1. The van der Waals surface area contributed by atoms with Gasteiger partial charge in [0.25, 0.3) is 0 Å². The van der Waals surface area contributed by atoms with Crippen molar-refractivity contribution >= 4 is 17.4 Å². The van der Waals surface area contributed by atoms with E-state index >= 15 is 0 Å². The third-order valence-corrected chi connectivity index (χ3v) is 6.25. The lowest BCUT2D eigenvalue weighted by molar-refractivity contribution is -0.145. The molecule has 1 N–H and O–H groups in total. The van der Waals surface area contributed by atoms with Gasteiger partial charge in [-0.2, -0.15) is 0 Å². The van der Waals surface area contributed by atoms with Crippen LogP contribution in [0.2, 0.25) is 0 Å². The molecule has 0 aromatic heterocycles. The quantitative estimate of drug-likeness (QED) is 0.675. The zero-order valence-electron chi connectivity index (χ0n) is 18.7. The number of hydrogen-bond acceptors (Lipinski definition) is 6. The number of carbonyl (C=O) groups excluding carboxylic acids is 2. The van der Waals surface area contributed by atoms with Crippen LogP contribution in [-0.4, -0.2) is 50.6 Å². The number of esters is 1. The van der Waals surface area contributed by atoms with Gasteiger partial charge in [0.05, 0.1) is 25.4 Å². The Kier molecular flexibility index (Phi) is 6.90. The van der Waals surface area contributed by atoms with Crippen LogP contribution in [0.1, 0.15) is 25.3 Å². The van der Waals surface area contributed by atoms with Gasteiger partial charge in [-0.25, -0.2) is 0 Å². The summed E-state index contributed by atoms with van der Waals surface area (Å²) in [5.74, 6) is 0.561. The number of Topliss-reactive ketones (excluding diaryl/α,β-unsaturated/α-hetero) is 1. The molecule has 2 heterocycles. The number of para-hydroxylation sites is 2. The average molecular weight is 435 g/mol. The van der Waals surface area contributed by atoms with Crippen molar-refractivity contribution in [1.82, 2.24) is 5.32 Å². The van der Waals surface area contributed by atoms with E-state index in [9.17, 15) is 9.59 Å². The number of carbonyl (C=O) groups is 2. The van der Waals surface area contributed by atoms with Crippen molar-refractivity contribution < 1.29 is 19.1 Å². The molecular weight excluding hydrogens is 404 g/mol. The number of hydrogen-bond donors (Lipinski definition) is 1. The summed E-state index contributed by atoms with van der Waals surface area (Å²) in [5, 5.41) is 3.25. The highest BCUT2D eigenvalue weighted by Crippen LogP contribution is 2.36. The van der Waals surface area contributed by atoms with E-state index in [0.717, 1.165) is 29.0 Å². The molecule has 0 radical (unpaired) electrons. The summed E-state index contributed by atoms with van der Waals surface area (Å²) in [6, 6.07) is 17.3. The average Bonchev–Trinajstić information content (AvgIpc) is 2.84. The third-order valence-electron chi connectivity index (χ3n) is 6.25. The molecule has 0 fully saturated rings. The van der Waals surface area contributed by atoms with Crippen LogP contribution in [0.15, 0.2) is 65.7 Å². The number of nitrogens with zero attached hydrogens (tertiary/aromatic N) is 1. The number of rotatable bonds is 7. The largest absolute Gasteiger partial charge is 0.495 e. The molecule has 0 saturated carbocycles. The van der Waals surface area contributed by atoms with E-state index in [4.69, 9.17) is 9.47 Å². The summed E-state index contributed by atoms with van der Waals surface area (Å²) in [6.07, 6.45) is 1.87. The Bertz CT molecular complexity index is 1000. The standard InChI is InChI=1S/C26H30N2O4/c1-3-32-26(30)21-15-20-19(16-27-21)17-28(22-11-7-8-12-24(22)31-2)23(25(20)29)14-13-18-9-5-4-6-10-18/h4-12,21,23,27H,3,13-17H2,1-2H3. The van der Waals surface area contributed by atoms with E-state index in [1.807, 2.05) is 42.5 Å². The van der Waals surface area contributed by atoms with Crippen LogP contribution in [0, 0.1) is 0 Å². The van der Waals surface area contributed by atoms with Gasteiger partial charge in [-0.05, 0) is 43.0 Å². The smallest absolute Gasteiger partial charge is 0.323 e. The van der Waals surface area contributed by atoms with E-state index in [-0.39, 0.29) is 17.8 Å². The fraction of sp³-hybridized carbons (Fsp3) is 0.385. The normalized spacial score (nSPS) is 20.7. The van der Waals surface area contributed by atoms with Crippen LogP contribution in [0.5, 0.6) is 5.75 Å². The Morgan fingerprint density at radius 1 is 1.12 bits per heavy atom. The Morgan fingerprint density at radius 2 is 1.88 bits per heavy atom. The number of methoxy groups -OCH3 is 1. The molecule has 0 aliphatic carbocycles. The molecule has 6 nitrogen and oxygen atoms in total. The van der Waals surface area contributed by atoms with E-state index in [2.05, 4.69) is 22.3 Å². The summed E-state index contributed by atoms with van der Waals surface area (Å²) in [7, 11) is 1.65. The number of ether oxygens (including phenoxy) is 2. The Morgan fingerprint density at radius 3 is 2.62 bits per heavy atom. The molecule has 2 aliphatic heterocycles. The number of aryl methyl sites for hydroxylation is 1. The van der Waals surface area contributed by atoms with Gasteiger partial charge >= 0.3 is 5.97 Å². The predicted octanol–water partition coefficient (Wildman–Crippen LogP) is 3.31. The minimum absolute atomic E-state index is 0.101. The number of nitrogens with one attached hydrogen (secondary N) is 1. The van der Waals surface area contributed by atoms with Crippen molar-refractivity contribution in [3.05, 3.63) is 71.3 Å². The molecule has 4 rings (SSSR count). The maximum absolute atomic E-state index is 13.8. The van der Waals surface area contributed by atoms with Crippen molar-refractivity contribution in [2.45, 2.75) is 38.3 Å². The van der Waals surface area contributed by atoms with Gasteiger partial charge in [0.1, 0.15) is 11.8 Å². The topological polar surface area (TPSA) is 67.9 Å². The minimum atomic E-state index is -0.467. The summed E-state index contributed by atoms with van der Waals surface area (Å²) >= 11 is 0. The first-order valence-corrected chi connectivity index (χ1v) is 11.2. The van der Waals surface area contributed by atoms with Crippen LogP contribution in [0.3, 0.4) is 0 Å². The van der Waals surface area contributed by atoms with Crippen molar-refractivity contribution in [2.24, 2.45) is 0 Å². The Labute approximate surface area is 189 Å². The molecule has 2 unspecified atom stereocenters. The molecule has 0 amide bonds. The summed E-state index contributed by atoms with van der Waals surface area (Å²) in [4.78, 5) is 28.2. The second-order valence-electron chi connectivity index (χ2n) is 8.18. The molecule has 0 saturated heterocycles. The fourth-order valence-corrected chi connectivity index (χ4v) is 4.62. The van der Waals surface area contributed by atoms with Crippen molar-refractivity contribution in [3.63, 3.8) is 0 Å². The van der Waals surface area contributed by atoms with Crippen LogP contribution < -0.4 is 15.0 Å². The monoisotopic (exact) mass is 434 g/mol. The SMILES string of the molecule is CCOC(=O)C1CC2=C(CN1)CN(c1ccccc1OC)C(CCc1ccccc1)C2=O. The minimum Gasteiger partial charge on any atom is -0.495 e. The highest BCUT2D eigenvalue weighted by Gasteiger charge is 2.40.